The van der Waals surface area contributed by atoms with Crippen LogP contribution in [0.1, 0.15) is 22.8 Å². The Balaban J connectivity index is 2.01. The van der Waals surface area contributed by atoms with Gasteiger partial charge >= 0.3 is 5.97 Å². The van der Waals surface area contributed by atoms with Crippen molar-refractivity contribution >= 4 is 45.1 Å². The number of hydrogen-bond acceptors (Lipinski definition) is 3. The lowest BCUT2D eigenvalue weighted by molar-refractivity contribution is -0.123. The smallest absolute Gasteiger partial charge is 0.338 e. The molecule has 0 spiro atoms. The lowest BCUT2D eigenvalue weighted by Gasteiger charge is -2.15. The normalized spacial score (nSPS) is 11.7. The first-order valence-electron chi connectivity index (χ1n) is 6.90. The number of anilines is 1. The van der Waals surface area contributed by atoms with Crippen molar-refractivity contribution in [2.45, 2.75) is 20.0 Å². The number of carbonyl (C=O) groups excluding carboxylic acids is 2. The van der Waals surface area contributed by atoms with E-state index in [4.69, 9.17) is 16.3 Å². The predicted octanol–water partition coefficient (Wildman–Crippen LogP) is 4.59. The maximum atomic E-state index is 12.2. The Hall–Kier alpha value is -1.85. The van der Waals surface area contributed by atoms with E-state index in [1.807, 2.05) is 6.92 Å². The number of amides is 1. The fourth-order valence-electron chi connectivity index (χ4n) is 1.83. The zero-order valence-corrected chi connectivity index (χ0v) is 14.9. The van der Waals surface area contributed by atoms with Crippen LogP contribution in [0.25, 0.3) is 0 Å². The third kappa shape index (κ3) is 4.81. The van der Waals surface area contributed by atoms with E-state index >= 15 is 0 Å². The summed E-state index contributed by atoms with van der Waals surface area (Å²) in [6.45, 7) is 3.37. The minimum absolute atomic E-state index is 0.381. The predicted molar refractivity (Wildman–Crippen MR) is 93.8 cm³/mol. The number of nitrogens with one attached hydrogen (secondary N) is 1. The van der Waals surface area contributed by atoms with Crippen molar-refractivity contribution < 1.29 is 14.3 Å². The van der Waals surface area contributed by atoms with E-state index < -0.39 is 18.0 Å². The maximum absolute atomic E-state index is 12.2. The van der Waals surface area contributed by atoms with Crippen molar-refractivity contribution in [3.63, 3.8) is 0 Å². The van der Waals surface area contributed by atoms with Gasteiger partial charge in [0.05, 0.1) is 5.56 Å². The molecule has 23 heavy (non-hydrogen) atoms. The van der Waals surface area contributed by atoms with Crippen LogP contribution in [0.5, 0.6) is 0 Å². The van der Waals surface area contributed by atoms with Gasteiger partial charge in [0.1, 0.15) is 0 Å². The SMILES string of the molecule is Cc1ccc(Cl)cc1NC(=O)C(C)OC(=O)c1ccc(Br)cc1. The number of rotatable bonds is 4. The van der Waals surface area contributed by atoms with Gasteiger partial charge in [-0.1, -0.05) is 33.6 Å². The van der Waals surface area contributed by atoms with Crippen molar-refractivity contribution in [2.75, 3.05) is 5.32 Å². The Kier molecular flexibility index (Phi) is 5.80. The summed E-state index contributed by atoms with van der Waals surface area (Å²) in [6, 6.07) is 11.9. The highest BCUT2D eigenvalue weighted by Crippen LogP contribution is 2.20. The lowest BCUT2D eigenvalue weighted by Crippen LogP contribution is -2.30. The Labute approximate surface area is 147 Å². The molecule has 0 bridgehead atoms. The standard InChI is InChI=1S/C17H15BrClNO3/c1-10-3-8-14(19)9-15(10)20-16(21)11(2)23-17(22)12-4-6-13(18)7-5-12/h3-9,11H,1-2H3,(H,20,21). The van der Waals surface area contributed by atoms with Gasteiger partial charge < -0.3 is 10.1 Å². The fraction of sp³-hybridized carbons (Fsp3) is 0.176. The molecule has 0 saturated heterocycles. The third-order valence-electron chi connectivity index (χ3n) is 3.19. The second-order valence-electron chi connectivity index (χ2n) is 5.00. The van der Waals surface area contributed by atoms with Gasteiger partial charge in [-0.15, -0.1) is 0 Å². The van der Waals surface area contributed by atoms with Crippen LogP contribution < -0.4 is 5.32 Å². The molecule has 0 aliphatic heterocycles. The number of benzene rings is 2. The number of esters is 1. The highest BCUT2D eigenvalue weighted by atomic mass is 79.9. The molecule has 0 heterocycles. The molecule has 4 nitrogen and oxygen atoms in total. The van der Waals surface area contributed by atoms with Crippen molar-refractivity contribution in [2.24, 2.45) is 0 Å². The number of halogens is 2. The van der Waals surface area contributed by atoms with Crippen LogP contribution in [-0.4, -0.2) is 18.0 Å². The molecule has 2 rings (SSSR count). The van der Waals surface area contributed by atoms with Crippen molar-refractivity contribution in [1.82, 2.24) is 0 Å². The van der Waals surface area contributed by atoms with Crippen molar-refractivity contribution in [1.29, 1.82) is 0 Å². The zero-order chi connectivity index (χ0) is 17.0. The number of hydrogen-bond donors (Lipinski definition) is 1. The summed E-state index contributed by atoms with van der Waals surface area (Å²) in [6.07, 6.45) is -0.926. The van der Waals surface area contributed by atoms with Gasteiger partial charge in [0, 0.05) is 15.2 Å². The average molecular weight is 397 g/mol. The first-order chi connectivity index (χ1) is 10.9. The summed E-state index contributed by atoms with van der Waals surface area (Å²) in [5, 5.41) is 3.23. The molecule has 1 amide bonds. The van der Waals surface area contributed by atoms with E-state index in [1.165, 1.54) is 6.92 Å². The molecule has 0 aromatic heterocycles. The minimum atomic E-state index is -0.926. The molecule has 0 aliphatic carbocycles. The lowest BCUT2D eigenvalue weighted by atomic mass is 10.2. The maximum Gasteiger partial charge on any atom is 0.338 e. The van der Waals surface area contributed by atoms with Crippen molar-refractivity contribution in [3.05, 3.63) is 63.1 Å². The van der Waals surface area contributed by atoms with Gasteiger partial charge in [-0.25, -0.2) is 4.79 Å². The molecule has 120 valence electrons. The van der Waals surface area contributed by atoms with Gasteiger partial charge in [0.2, 0.25) is 0 Å². The van der Waals surface area contributed by atoms with E-state index in [0.717, 1.165) is 10.0 Å². The molecule has 1 N–H and O–H groups in total. The van der Waals surface area contributed by atoms with E-state index in [0.29, 0.717) is 16.3 Å². The molecule has 0 fully saturated rings. The first kappa shape index (κ1) is 17.5. The third-order valence-corrected chi connectivity index (χ3v) is 3.95. The van der Waals surface area contributed by atoms with Crippen LogP contribution >= 0.6 is 27.5 Å². The highest BCUT2D eigenvalue weighted by molar-refractivity contribution is 9.10. The first-order valence-corrected chi connectivity index (χ1v) is 8.07. The number of aryl methyl sites for hydroxylation is 1. The topological polar surface area (TPSA) is 55.4 Å². The van der Waals surface area contributed by atoms with Gasteiger partial charge in [-0.3, -0.25) is 4.79 Å². The molecular weight excluding hydrogens is 382 g/mol. The highest BCUT2D eigenvalue weighted by Gasteiger charge is 2.19. The molecule has 6 heteroatoms. The van der Waals surface area contributed by atoms with Crippen LogP contribution in [0.15, 0.2) is 46.9 Å². The molecule has 0 radical (unpaired) electrons. The number of carbonyl (C=O) groups is 2. The monoisotopic (exact) mass is 395 g/mol. The van der Waals surface area contributed by atoms with Gasteiger partial charge in [0.25, 0.3) is 5.91 Å². The molecule has 2 aromatic carbocycles. The zero-order valence-electron chi connectivity index (χ0n) is 12.6. The molecular formula is C17H15BrClNO3. The molecule has 0 aliphatic rings. The largest absolute Gasteiger partial charge is 0.449 e. The Morgan fingerprint density at radius 1 is 1.17 bits per heavy atom. The molecule has 1 atom stereocenters. The summed E-state index contributed by atoms with van der Waals surface area (Å²) >= 11 is 9.21. The van der Waals surface area contributed by atoms with Crippen LogP contribution in [0, 0.1) is 6.92 Å². The summed E-state index contributed by atoms with van der Waals surface area (Å²) in [4.78, 5) is 24.2. The summed E-state index contributed by atoms with van der Waals surface area (Å²) in [5.41, 5.74) is 1.84. The Morgan fingerprint density at radius 2 is 1.83 bits per heavy atom. The Bertz CT molecular complexity index is 731. The van der Waals surface area contributed by atoms with Gasteiger partial charge in [-0.05, 0) is 55.8 Å². The average Bonchev–Trinajstić information content (AvgIpc) is 2.51. The van der Waals surface area contributed by atoms with Crippen LogP contribution in [0.4, 0.5) is 5.69 Å². The second-order valence-corrected chi connectivity index (χ2v) is 6.36. The van der Waals surface area contributed by atoms with Crippen molar-refractivity contribution in [3.8, 4) is 0 Å². The van der Waals surface area contributed by atoms with E-state index in [2.05, 4.69) is 21.2 Å². The van der Waals surface area contributed by atoms with Gasteiger partial charge in [0.15, 0.2) is 6.10 Å². The van der Waals surface area contributed by atoms with E-state index in [-0.39, 0.29) is 0 Å². The number of ether oxygens (including phenoxy) is 1. The summed E-state index contributed by atoms with van der Waals surface area (Å²) in [7, 11) is 0. The quantitative estimate of drug-likeness (QED) is 0.769. The van der Waals surface area contributed by atoms with E-state index in [1.54, 1.807) is 42.5 Å². The minimum Gasteiger partial charge on any atom is -0.449 e. The Morgan fingerprint density at radius 3 is 2.48 bits per heavy atom. The molecule has 2 aromatic rings. The van der Waals surface area contributed by atoms with Crippen LogP contribution in [0.3, 0.4) is 0 Å². The van der Waals surface area contributed by atoms with E-state index in [9.17, 15) is 9.59 Å². The van der Waals surface area contributed by atoms with Crippen LogP contribution in [0.2, 0.25) is 5.02 Å². The molecule has 1 unspecified atom stereocenters. The fourth-order valence-corrected chi connectivity index (χ4v) is 2.27. The second kappa shape index (κ2) is 7.62. The van der Waals surface area contributed by atoms with Crippen LogP contribution in [-0.2, 0) is 9.53 Å². The summed E-state index contributed by atoms with van der Waals surface area (Å²) in [5.74, 6) is -0.969. The van der Waals surface area contributed by atoms with Gasteiger partial charge in [-0.2, -0.15) is 0 Å². The molecule has 0 saturated carbocycles. The summed E-state index contributed by atoms with van der Waals surface area (Å²) < 4.78 is 6.04.